The molecule has 1 atom stereocenters. The summed E-state index contributed by atoms with van der Waals surface area (Å²) in [6, 6.07) is 15.6. The van der Waals surface area contributed by atoms with Crippen LogP contribution in [-0.4, -0.2) is 76.9 Å². The van der Waals surface area contributed by atoms with Crippen molar-refractivity contribution in [3.8, 4) is 23.5 Å². The van der Waals surface area contributed by atoms with Gasteiger partial charge in [0.1, 0.15) is 11.5 Å². The maximum absolute atomic E-state index is 5.78. The van der Waals surface area contributed by atoms with E-state index in [1.165, 1.54) is 18.5 Å². The summed E-state index contributed by atoms with van der Waals surface area (Å²) in [6.07, 6.45) is 4.27. The second-order valence-electron chi connectivity index (χ2n) is 9.96. The first kappa shape index (κ1) is 33.9. The standard InChI is InChI=1S/C30H40N6O3.2C2H6/c1-3-39-28-18-23(5-4-22(28)8-11-31)24-20-32-30(33-21-24)34-27-7-6-26(19-29(27)37-2)35-12-9-25(10-13-35)36-14-16-38-17-15-36;2*1-2/h4-7,18-20,25,30,32-34H,3,9-10,12-17,21,31H2,1-2H3;2*1-2H3. The Hall–Kier alpha value is -3.58. The minimum Gasteiger partial charge on any atom is -0.495 e. The lowest BCUT2D eigenvalue weighted by Gasteiger charge is -2.41. The third-order valence-corrected chi connectivity index (χ3v) is 7.66. The molecule has 2 saturated heterocycles. The van der Waals surface area contributed by atoms with Crippen LogP contribution in [-0.2, 0) is 4.74 Å². The molecule has 0 spiro atoms. The molecular formula is C34H52N6O3. The highest BCUT2D eigenvalue weighted by Crippen LogP contribution is 2.32. The van der Waals surface area contributed by atoms with Crippen molar-refractivity contribution in [2.75, 3.05) is 69.9 Å². The van der Waals surface area contributed by atoms with Crippen LogP contribution in [0.1, 0.15) is 58.6 Å². The second-order valence-corrected chi connectivity index (χ2v) is 9.96. The molecule has 2 aromatic rings. The molecule has 0 radical (unpaired) electrons. The van der Waals surface area contributed by atoms with Gasteiger partial charge in [0, 0.05) is 62.8 Å². The van der Waals surface area contributed by atoms with Crippen LogP contribution in [0.15, 0.2) is 42.6 Å². The molecule has 3 aliphatic heterocycles. The Morgan fingerprint density at radius 2 is 1.74 bits per heavy atom. The highest BCUT2D eigenvalue weighted by Gasteiger charge is 2.26. The maximum Gasteiger partial charge on any atom is 0.152 e. The Morgan fingerprint density at radius 3 is 2.37 bits per heavy atom. The molecule has 3 heterocycles. The van der Waals surface area contributed by atoms with Crippen molar-refractivity contribution in [3.63, 3.8) is 0 Å². The van der Waals surface area contributed by atoms with Crippen LogP contribution in [0.3, 0.4) is 0 Å². The fourth-order valence-electron chi connectivity index (χ4n) is 5.55. The highest BCUT2D eigenvalue weighted by molar-refractivity contribution is 5.71. The molecule has 0 bridgehead atoms. The smallest absolute Gasteiger partial charge is 0.152 e. The first-order valence-electron chi connectivity index (χ1n) is 15.9. The molecular weight excluding hydrogens is 540 g/mol. The zero-order chi connectivity index (χ0) is 31.0. The van der Waals surface area contributed by atoms with Crippen molar-refractivity contribution < 1.29 is 14.2 Å². The van der Waals surface area contributed by atoms with Gasteiger partial charge < -0.3 is 35.5 Å². The quantitative estimate of drug-likeness (QED) is 0.258. The number of rotatable bonds is 8. The van der Waals surface area contributed by atoms with Crippen LogP contribution in [0.5, 0.6) is 11.5 Å². The van der Waals surface area contributed by atoms with Gasteiger partial charge in [-0.25, -0.2) is 0 Å². The third-order valence-electron chi connectivity index (χ3n) is 7.66. The predicted octanol–water partition coefficient (Wildman–Crippen LogP) is 4.64. The van der Waals surface area contributed by atoms with Gasteiger partial charge in [-0.3, -0.25) is 10.2 Å². The van der Waals surface area contributed by atoms with Crippen molar-refractivity contribution in [1.29, 1.82) is 0 Å². The van der Waals surface area contributed by atoms with Crippen LogP contribution in [0.4, 0.5) is 11.4 Å². The summed E-state index contributed by atoms with van der Waals surface area (Å²) in [5.41, 5.74) is 10.5. The summed E-state index contributed by atoms with van der Waals surface area (Å²) < 4.78 is 17.1. The van der Waals surface area contributed by atoms with Crippen LogP contribution in [0, 0.1) is 12.0 Å². The molecule has 0 aliphatic carbocycles. The molecule has 9 heteroatoms. The van der Waals surface area contributed by atoms with Gasteiger partial charge in [0.15, 0.2) is 6.29 Å². The lowest BCUT2D eigenvalue weighted by atomic mass is 10.0. The van der Waals surface area contributed by atoms with Crippen LogP contribution >= 0.6 is 0 Å². The molecule has 0 amide bonds. The number of morpholine rings is 1. The van der Waals surface area contributed by atoms with E-state index in [-0.39, 0.29) is 6.29 Å². The number of ether oxygens (including phenoxy) is 3. The van der Waals surface area contributed by atoms with Crippen LogP contribution < -0.4 is 36.1 Å². The molecule has 43 heavy (non-hydrogen) atoms. The molecule has 5 rings (SSSR count). The van der Waals surface area contributed by atoms with E-state index in [0.29, 0.717) is 19.2 Å². The first-order chi connectivity index (χ1) is 21.2. The summed E-state index contributed by atoms with van der Waals surface area (Å²) in [6.45, 7) is 17.2. The summed E-state index contributed by atoms with van der Waals surface area (Å²) >= 11 is 0. The Kier molecular flexibility index (Phi) is 14.3. The topological polar surface area (TPSA) is 96.3 Å². The van der Waals surface area contributed by atoms with Crippen molar-refractivity contribution in [1.82, 2.24) is 15.5 Å². The largest absolute Gasteiger partial charge is 0.495 e. The molecule has 1 unspecified atom stereocenters. The Balaban J connectivity index is 0.00000121. The fraction of sp³-hybridized carbons (Fsp3) is 0.529. The van der Waals surface area contributed by atoms with Crippen LogP contribution in [0.25, 0.3) is 5.57 Å². The van der Waals surface area contributed by atoms with Gasteiger partial charge in [0.25, 0.3) is 0 Å². The zero-order valence-electron chi connectivity index (χ0n) is 27.0. The average Bonchev–Trinajstić information content (AvgIpc) is 3.08. The van der Waals surface area contributed by atoms with E-state index in [1.54, 1.807) is 7.11 Å². The third kappa shape index (κ3) is 9.20. The Morgan fingerprint density at radius 1 is 1.00 bits per heavy atom. The molecule has 236 valence electrons. The number of piperidine rings is 1. The lowest BCUT2D eigenvalue weighted by molar-refractivity contribution is 0.0115. The fourth-order valence-corrected chi connectivity index (χ4v) is 5.55. The number of methoxy groups -OCH3 is 1. The van der Waals surface area contributed by atoms with Gasteiger partial charge in [0.2, 0.25) is 0 Å². The van der Waals surface area contributed by atoms with Gasteiger partial charge in [0.05, 0.1) is 38.2 Å². The number of nitrogens with two attached hydrogens (primary N) is 1. The van der Waals surface area contributed by atoms with E-state index in [1.807, 2.05) is 59.0 Å². The molecule has 9 nitrogen and oxygen atoms in total. The van der Waals surface area contributed by atoms with Crippen molar-refractivity contribution in [2.24, 2.45) is 5.73 Å². The van der Waals surface area contributed by atoms with Crippen molar-refractivity contribution in [3.05, 3.63) is 53.7 Å². The summed E-state index contributed by atoms with van der Waals surface area (Å²) in [5.74, 6) is 4.47. The SMILES string of the molecule is CC.CC.CCOc1cc(C2=CNC(Nc3ccc(N4CCC(N5CCOCC5)CC4)cc3OC)NC2)ccc1C#CN. The zero-order valence-corrected chi connectivity index (χ0v) is 27.0. The van der Waals surface area contributed by atoms with Gasteiger partial charge in [-0.05, 0) is 61.1 Å². The van der Waals surface area contributed by atoms with Gasteiger partial charge >= 0.3 is 0 Å². The normalized spacial score (nSPS) is 18.7. The number of nitrogens with zero attached hydrogens (tertiary/aromatic N) is 2. The summed E-state index contributed by atoms with van der Waals surface area (Å²) in [4.78, 5) is 5.07. The number of hydrogen-bond acceptors (Lipinski definition) is 9. The van der Waals surface area contributed by atoms with E-state index >= 15 is 0 Å². The van der Waals surface area contributed by atoms with Gasteiger partial charge in [-0.15, -0.1) is 0 Å². The second kappa shape index (κ2) is 18.2. The Bertz CT molecular complexity index is 1210. The minimum absolute atomic E-state index is 0.133. The highest BCUT2D eigenvalue weighted by atomic mass is 16.5. The lowest BCUT2D eigenvalue weighted by Crippen LogP contribution is -2.49. The number of hydrogen-bond donors (Lipinski definition) is 4. The van der Waals surface area contributed by atoms with E-state index in [4.69, 9.17) is 19.9 Å². The van der Waals surface area contributed by atoms with Gasteiger partial charge in [-0.2, -0.15) is 0 Å². The van der Waals surface area contributed by atoms with Gasteiger partial charge in [-0.1, -0.05) is 33.8 Å². The number of benzene rings is 2. The molecule has 5 N–H and O–H groups in total. The minimum atomic E-state index is -0.133. The maximum atomic E-state index is 5.78. The van der Waals surface area contributed by atoms with E-state index < -0.39 is 0 Å². The molecule has 0 aromatic heterocycles. The van der Waals surface area contributed by atoms with Crippen molar-refractivity contribution in [2.45, 2.75) is 59.8 Å². The molecule has 3 aliphatic rings. The summed E-state index contributed by atoms with van der Waals surface area (Å²) in [5, 5.41) is 10.5. The first-order valence-corrected chi connectivity index (χ1v) is 15.9. The summed E-state index contributed by atoms with van der Waals surface area (Å²) in [7, 11) is 1.73. The van der Waals surface area contributed by atoms with E-state index in [2.05, 4.69) is 55.9 Å². The number of anilines is 2. The monoisotopic (exact) mass is 592 g/mol. The van der Waals surface area contributed by atoms with E-state index in [0.717, 1.165) is 73.3 Å². The number of nitrogens with one attached hydrogen (secondary N) is 3. The van der Waals surface area contributed by atoms with Crippen LogP contribution in [0.2, 0.25) is 0 Å². The Labute approximate surface area is 259 Å². The molecule has 2 aromatic carbocycles. The van der Waals surface area contributed by atoms with E-state index in [9.17, 15) is 0 Å². The average molecular weight is 593 g/mol. The predicted molar refractivity (Wildman–Crippen MR) is 179 cm³/mol. The van der Waals surface area contributed by atoms with Crippen molar-refractivity contribution >= 4 is 16.9 Å². The molecule has 0 saturated carbocycles. The molecule has 2 fully saturated rings.